The number of halogens is 1. The summed E-state index contributed by atoms with van der Waals surface area (Å²) in [6.07, 6.45) is 0.905. The molecule has 3 aromatic rings. The molecule has 0 aliphatic rings. The van der Waals surface area contributed by atoms with E-state index in [1.165, 1.54) is 12.1 Å². The van der Waals surface area contributed by atoms with Crippen molar-refractivity contribution >= 4 is 15.7 Å². The highest BCUT2D eigenvalue weighted by atomic mass is 32.2. The number of nitrogens with zero attached hydrogens (tertiary/aromatic N) is 2. The fourth-order valence-corrected chi connectivity index (χ4v) is 4.41. The van der Waals surface area contributed by atoms with Crippen LogP contribution in [-0.2, 0) is 23.0 Å². The Balaban J connectivity index is 1.81. The van der Waals surface area contributed by atoms with E-state index >= 15 is 0 Å². The van der Waals surface area contributed by atoms with Crippen molar-refractivity contribution in [3.63, 3.8) is 0 Å². The zero-order valence-corrected chi connectivity index (χ0v) is 17.9. The molecule has 1 aromatic heterocycles. The van der Waals surface area contributed by atoms with E-state index in [4.69, 9.17) is 0 Å². The first-order valence-electron chi connectivity index (χ1n) is 9.56. The predicted octanol–water partition coefficient (Wildman–Crippen LogP) is 4.69. The van der Waals surface area contributed by atoms with Crippen molar-refractivity contribution in [2.24, 2.45) is 5.92 Å². The molecule has 1 N–H and O–H groups in total. The fraction of sp³-hybridized carbons (Fsp3) is 0.318. The van der Waals surface area contributed by atoms with Gasteiger partial charge in [-0.15, -0.1) is 0 Å². The third-order valence-electron chi connectivity index (χ3n) is 4.74. The molecule has 1 heterocycles. The monoisotopic (exact) mass is 415 g/mol. The van der Waals surface area contributed by atoms with Gasteiger partial charge < -0.3 is 0 Å². The van der Waals surface area contributed by atoms with Crippen molar-refractivity contribution in [2.45, 2.75) is 45.6 Å². The van der Waals surface area contributed by atoms with Gasteiger partial charge in [0.25, 0.3) is 10.0 Å². The molecular weight excluding hydrogens is 389 g/mol. The highest BCUT2D eigenvalue weighted by Crippen LogP contribution is 2.24. The molecule has 154 valence electrons. The zero-order valence-electron chi connectivity index (χ0n) is 17.1. The lowest BCUT2D eigenvalue weighted by Gasteiger charge is -2.10. The van der Waals surface area contributed by atoms with E-state index in [-0.39, 0.29) is 10.7 Å². The van der Waals surface area contributed by atoms with Crippen LogP contribution in [0.3, 0.4) is 0 Å². The van der Waals surface area contributed by atoms with Gasteiger partial charge in [0.2, 0.25) is 0 Å². The maximum Gasteiger partial charge on any atom is 0.262 e. The number of aromatic nitrogens is 2. The summed E-state index contributed by atoms with van der Waals surface area (Å²) in [5.41, 5.74) is 3.75. The Hall–Kier alpha value is -2.67. The number of rotatable bonds is 7. The van der Waals surface area contributed by atoms with Gasteiger partial charge in [-0.25, -0.2) is 12.8 Å². The van der Waals surface area contributed by atoms with Gasteiger partial charge in [-0.2, -0.15) is 5.10 Å². The van der Waals surface area contributed by atoms with Crippen LogP contribution in [0.4, 0.5) is 10.1 Å². The van der Waals surface area contributed by atoms with Crippen LogP contribution in [0.5, 0.6) is 0 Å². The first-order valence-corrected chi connectivity index (χ1v) is 11.0. The van der Waals surface area contributed by atoms with Crippen LogP contribution in [0.1, 0.15) is 36.4 Å². The van der Waals surface area contributed by atoms with Gasteiger partial charge in [0, 0.05) is 0 Å². The second-order valence-corrected chi connectivity index (χ2v) is 9.36. The topological polar surface area (TPSA) is 64.0 Å². The molecule has 0 amide bonds. The second-order valence-electron chi connectivity index (χ2n) is 7.68. The van der Waals surface area contributed by atoms with Crippen molar-refractivity contribution in [3.05, 3.63) is 76.9 Å². The summed E-state index contributed by atoms with van der Waals surface area (Å²) in [5.74, 6) is 0.211. The summed E-state index contributed by atoms with van der Waals surface area (Å²) in [7, 11) is -3.72. The number of aryl methyl sites for hydroxylation is 1. The molecular formula is C22H26FN3O2S. The quantitative estimate of drug-likeness (QED) is 0.609. The summed E-state index contributed by atoms with van der Waals surface area (Å²) >= 11 is 0. The van der Waals surface area contributed by atoms with Gasteiger partial charge >= 0.3 is 0 Å². The minimum absolute atomic E-state index is 0.218. The molecule has 0 spiro atoms. The minimum Gasteiger partial charge on any atom is -0.276 e. The van der Waals surface area contributed by atoms with Crippen LogP contribution >= 0.6 is 0 Å². The zero-order chi connectivity index (χ0) is 21.2. The maximum atomic E-state index is 13.1. The minimum atomic E-state index is -3.72. The highest BCUT2D eigenvalue weighted by Gasteiger charge is 2.20. The maximum absolute atomic E-state index is 13.1. The lowest BCUT2D eigenvalue weighted by Crippen LogP contribution is -2.14. The van der Waals surface area contributed by atoms with Gasteiger partial charge in [0.15, 0.2) is 0 Å². The standard InChI is InChI=1S/C22H26FN3O2S/c1-15(2)13-18-7-11-21(12-8-18)29(27,28)25-22-16(3)24-26(17(22)4)14-19-5-9-20(23)10-6-19/h5-12,15,25H,13-14H2,1-4H3. The molecule has 0 saturated carbocycles. The highest BCUT2D eigenvalue weighted by molar-refractivity contribution is 7.92. The van der Waals surface area contributed by atoms with E-state index < -0.39 is 10.0 Å². The summed E-state index contributed by atoms with van der Waals surface area (Å²) in [4.78, 5) is 0.218. The first kappa shape index (κ1) is 21.0. The number of sulfonamides is 1. The van der Waals surface area contributed by atoms with E-state index in [2.05, 4.69) is 23.7 Å². The third kappa shape index (κ3) is 5.03. The summed E-state index contributed by atoms with van der Waals surface area (Å²) in [5, 5.41) is 4.45. The molecule has 0 aliphatic heterocycles. The van der Waals surface area contributed by atoms with Crippen LogP contribution in [0.25, 0.3) is 0 Å². The summed E-state index contributed by atoms with van der Waals surface area (Å²) in [6, 6.07) is 13.1. The molecule has 0 aliphatic carbocycles. The van der Waals surface area contributed by atoms with Crippen molar-refractivity contribution in [2.75, 3.05) is 4.72 Å². The number of hydrogen-bond donors (Lipinski definition) is 1. The molecule has 0 saturated heterocycles. The van der Waals surface area contributed by atoms with E-state index in [1.54, 1.807) is 35.9 Å². The molecule has 3 rings (SSSR count). The van der Waals surface area contributed by atoms with Gasteiger partial charge in [-0.3, -0.25) is 9.40 Å². The van der Waals surface area contributed by atoms with Gasteiger partial charge in [0.05, 0.1) is 28.5 Å². The number of nitrogens with one attached hydrogen (secondary N) is 1. The Morgan fingerprint density at radius 3 is 2.17 bits per heavy atom. The van der Waals surface area contributed by atoms with E-state index in [0.717, 1.165) is 17.5 Å². The molecule has 0 fully saturated rings. The average molecular weight is 416 g/mol. The first-order chi connectivity index (χ1) is 13.7. The van der Waals surface area contributed by atoms with Crippen LogP contribution in [-0.4, -0.2) is 18.2 Å². The van der Waals surface area contributed by atoms with Gasteiger partial charge in [-0.05, 0) is 61.6 Å². The lowest BCUT2D eigenvalue weighted by molar-refractivity contribution is 0.601. The van der Waals surface area contributed by atoms with Crippen LogP contribution < -0.4 is 4.72 Å². The largest absolute Gasteiger partial charge is 0.276 e. The molecule has 0 radical (unpaired) electrons. The van der Waals surface area contributed by atoms with Crippen molar-refractivity contribution in [1.82, 2.24) is 9.78 Å². The van der Waals surface area contributed by atoms with Crippen LogP contribution in [0.15, 0.2) is 53.4 Å². The van der Waals surface area contributed by atoms with Gasteiger partial charge in [-0.1, -0.05) is 38.1 Å². The molecule has 2 aromatic carbocycles. The SMILES string of the molecule is Cc1nn(Cc2ccc(F)cc2)c(C)c1NS(=O)(=O)c1ccc(CC(C)C)cc1. The molecule has 0 unspecified atom stereocenters. The fourth-order valence-electron chi connectivity index (χ4n) is 3.23. The van der Waals surface area contributed by atoms with E-state index in [0.29, 0.717) is 29.5 Å². The molecule has 0 atom stereocenters. The average Bonchev–Trinajstić information content (AvgIpc) is 2.91. The predicted molar refractivity (Wildman–Crippen MR) is 113 cm³/mol. The normalized spacial score (nSPS) is 11.8. The molecule has 5 nitrogen and oxygen atoms in total. The van der Waals surface area contributed by atoms with Crippen molar-refractivity contribution in [3.8, 4) is 0 Å². The second kappa shape index (κ2) is 8.37. The third-order valence-corrected chi connectivity index (χ3v) is 6.11. The Morgan fingerprint density at radius 2 is 1.59 bits per heavy atom. The summed E-state index contributed by atoms with van der Waals surface area (Å²) < 4.78 is 43.2. The number of hydrogen-bond acceptors (Lipinski definition) is 3. The Morgan fingerprint density at radius 1 is 1.00 bits per heavy atom. The number of benzene rings is 2. The lowest BCUT2D eigenvalue weighted by atomic mass is 10.0. The van der Waals surface area contributed by atoms with Crippen molar-refractivity contribution < 1.29 is 12.8 Å². The molecule has 7 heteroatoms. The van der Waals surface area contributed by atoms with Gasteiger partial charge in [0.1, 0.15) is 5.82 Å². The smallest absolute Gasteiger partial charge is 0.262 e. The van der Waals surface area contributed by atoms with E-state index in [9.17, 15) is 12.8 Å². The van der Waals surface area contributed by atoms with Crippen molar-refractivity contribution in [1.29, 1.82) is 0 Å². The van der Waals surface area contributed by atoms with E-state index in [1.807, 2.05) is 19.1 Å². The Kier molecular flexibility index (Phi) is 6.07. The molecule has 0 bridgehead atoms. The van der Waals surface area contributed by atoms with Crippen LogP contribution in [0.2, 0.25) is 0 Å². The molecule has 29 heavy (non-hydrogen) atoms. The summed E-state index contributed by atoms with van der Waals surface area (Å²) in [6.45, 7) is 8.26. The number of anilines is 1. The Bertz CT molecular complexity index is 1090. The Labute approximate surface area is 171 Å². The van der Waals surface area contributed by atoms with Crippen LogP contribution in [0, 0.1) is 25.6 Å².